The first-order valence-corrected chi connectivity index (χ1v) is 23.0. The highest BCUT2D eigenvalue weighted by molar-refractivity contribution is 7.47. The van der Waals surface area contributed by atoms with Crippen molar-refractivity contribution in [1.82, 2.24) is 0 Å². The molecule has 12 heteroatoms. The predicted octanol–water partition coefficient (Wildman–Crippen LogP) is 11.2. The van der Waals surface area contributed by atoms with Crippen LogP contribution in [-0.2, 0) is 37.5 Å². The van der Waals surface area contributed by atoms with Crippen LogP contribution in [0.5, 0.6) is 0 Å². The molecular weight excluding hydrogens is 721 g/mol. The van der Waals surface area contributed by atoms with Crippen LogP contribution in [0.15, 0.2) is 36.5 Å². The summed E-state index contributed by atoms with van der Waals surface area (Å²) in [6.07, 6.45) is 40.6. The highest BCUT2D eigenvalue weighted by Crippen LogP contribution is 2.43. The third-order valence-corrected chi connectivity index (χ3v) is 10.1. The zero-order valence-corrected chi connectivity index (χ0v) is 35.4. The molecule has 11 nitrogen and oxygen atoms in total. The Labute approximate surface area is 333 Å². The quantitative estimate of drug-likeness (QED) is 0.0233. The van der Waals surface area contributed by atoms with Crippen molar-refractivity contribution in [3.8, 4) is 0 Å². The number of unbranched alkanes of at least 4 members (excludes halogenated alkanes) is 20. The fraction of sp³-hybridized carbons (Fsp3) is 0.791. The molecule has 55 heavy (non-hydrogen) atoms. The van der Waals surface area contributed by atoms with Gasteiger partial charge in [0.05, 0.1) is 13.2 Å². The Hall–Kier alpha value is -2.30. The number of carboxylic acids is 1. The van der Waals surface area contributed by atoms with E-state index in [2.05, 4.69) is 54.8 Å². The average molecular weight is 800 g/mol. The number of esters is 2. The molecule has 0 aromatic carbocycles. The Morgan fingerprint density at radius 2 is 0.982 bits per heavy atom. The van der Waals surface area contributed by atoms with Crippen molar-refractivity contribution < 1.29 is 47.5 Å². The van der Waals surface area contributed by atoms with Crippen LogP contribution in [0, 0.1) is 0 Å². The van der Waals surface area contributed by atoms with Gasteiger partial charge in [0.25, 0.3) is 0 Å². The zero-order valence-electron chi connectivity index (χ0n) is 34.5. The number of carbonyl (C=O) groups excluding carboxylic acids is 2. The maximum atomic E-state index is 12.6. The van der Waals surface area contributed by atoms with Gasteiger partial charge < -0.3 is 25.2 Å². The first kappa shape index (κ1) is 52.7. The van der Waals surface area contributed by atoms with Gasteiger partial charge >= 0.3 is 25.7 Å². The van der Waals surface area contributed by atoms with Crippen LogP contribution >= 0.6 is 7.82 Å². The van der Waals surface area contributed by atoms with E-state index in [-0.39, 0.29) is 19.4 Å². The smallest absolute Gasteiger partial charge is 0.472 e. The summed E-state index contributed by atoms with van der Waals surface area (Å²) in [4.78, 5) is 45.9. The minimum atomic E-state index is -4.72. The van der Waals surface area contributed by atoms with Crippen molar-refractivity contribution in [3.63, 3.8) is 0 Å². The van der Waals surface area contributed by atoms with Gasteiger partial charge in [-0.3, -0.25) is 23.4 Å². The summed E-state index contributed by atoms with van der Waals surface area (Å²) in [6.45, 7) is 2.74. The van der Waals surface area contributed by atoms with Crippen molar-refractivity contribution in [2.45, 2.75) is 199 Å². The van der Waals surface area contributed by atoms with E-state index in [0.29, 0.717) is 12.8 Å². The van der Waals surface area contributed by atoms with E-state index >= 15 is 0 Å². The van der Waals surface area contributed by atoms with E-state index in [4.69, 9.17) is 24.8 Å². The number of rotatable bonds is 40. The molecule has 0 bridgehead atoms. The normalized spacial score (nSPS) is 14.1. The molecule has 0 aromatic rings. The molecule has 0 aromatic heterocycles. The fourth-order valence-electron chi connectivity index (χ4n) is 5.66. The van der Waals surface area contributed by atoms with Crippen LogP contribution in [0.1, 0.15) is 187 Å². The average Bonchev–Trinajstić information content (AvgIpc) is 3.16. The van der Waals surface area contributed by atoms with Crippen LogP contribution in [0.2, 0.25) is 0 Å². The lowest BCUT2D eigenvalue weighted by Crippen LogP contribution is -2.34. The van der Waals surface area contributed by atoms with Gasteiger partial charge in [-0.2, -0.15) is 0 Å². The monoisotopic (exact) mass is 800 g/mol. The number of aliphatic carboxylic acids is 1. The molecule has 3 atom stereocenters. The number of allylic oxidation sites excluding steroid dienone is 6. The Morgan fingerprint density at radius 3 is 1.49 bits per heavy atom. The number of carboxylic acid groups (broad SMARTS) is 1. The van der Waals surface area contributed by atoms with Crippen LogP contribution in [0.3, 0.4) is 0 Å². The van der Waals surface area contributed by atoms with E-state index in [1.165, 1.54) is 77.0 Å². The first-order valence-electron chi connectivity index (χ1n) is 21.5. The highest BCUT2D eigenvalue weighted by Gasteiger charge is 2.28. The summed E-state index contributed by atoms with van der Waals surface area (Å²) in [5.74, 6) is -2.40. The molecule has 4 N–H and O–H groups in total. The Morgan fingerprint density at radius 1 is 0.564 bits per heavy atom. The number of hydrogen-bond donors (Lipinski definition) is 3. The van der Waals surface area contributed by atoms with E-state index in [0.717, 1.165) is 70.6 Å². The molecule has 0 aliphatic rings. The van der Waals surface area contributed by atoms with Crippen LogP contribution in [0.25, 0.3) is 0 Å². The van der Waals surface area contributed by atoms with Crippen molar-refractivity contribution in [1.29, 1.82) is 0 Å². The van der Waals surface area contributed by atoms with Gasteiger partial charge in [0.2, 0.25) is 0 Å². The maximum Gasteiger partial charge on any atom is 0.472 e. The zero-order chi connectivity index (χ0) is 40.7. The summed E-state index contributed by atoms with van der Waals surface area (Å²) < 4.78 is 32.7. The minimum Gasteiger partial charge on any atom is -0.480 e. The van der Waals surface area contributed by atoms with Crippen LogP contribution in [-0.4, -0.2) is 59.9 Å². The number of phosphoric acid groups is 1. The van der Waals surface area contributed by atoms with Crippen molar-refractivity contribution in [3.05, 3.63) is 36.5 Å². The topological polar surface area (TPSA) is 172 Å². The van der Waals surface area contributed by atoms with Crippen molar-refractivity contribution >= 4 is 25.7 Å². The standard InChI is InChI=1S/C43H78NO10P/c1-3-5-7-9-11-13-15-17-19-20-21-23-24-26-28-30-32-34-41(45)51-36-39(37-52-55(49,50)53-38-40(44)43(47)48)54-42(46)35-33-31-29-27-25-22-18-16-14-12-10-8-6-4-2/h10,12,16-19,39-40H,3-9,11,13-15,20-38,44H2,1-2H3,(H,47,48)(H,49,50)/b12-10-,18-16-,19-17-/t39-,40+/m1/s1. The van der Waals surface area contributed by atoms with E-state index in [1.807, 2.05) is 0 Å². The van der Waals surface area contributed by atoms with Gasteiger partial charge in [0, 0.05) is 12.8 Å². The molecule has 0 saturated carbocycles. The van der Waals surface area contributed by atoms with Crippen molar-refractivity contribution in [2.24, 2.45) is 5.73 Å². The summed E-state index contributed by atoms with van der Waals surface area (Å²) in [5.41, 5.74) is 5.33. The molecule has 320 valence electrons. The number of hydrogen-bond acceptors (Lipinski definition) is 9. The summed E-state index contributed by atoms with van der Waals surface area (Å²) in [6, 6.07) is -1.52. The van der Waals surface area contributed by atoms with E-state index in [1.54, 1.807) is 0 Å². The summed E-state index contributed by atoms with van der Waals surface area (Å²) >= 11 is 0. The second kappa shape index (κ2) is 38.6. The van der Waals surface area contributed by atoms with Crippen LogP contribution in [0.4, 0.5) is 0 Å². The SMILES string of the molecule is CCCC/C=C\C/C=C\CCCCCCCC(=O)O[C@H](COC(=O)CCCCCCCCC/C=C\CCCCCCCC)COP(=O)(O)OC[C@H](N)C(=O)O. The molecule has 1 unspecified atom stereocenters. The second-order valence-corrected chi connectivity index (χ2v) is 15.9. The molecular formula is C43H78NO10P. The Balaban J connectivity index is 4.38. The minimum absolute atomic E-state index is 0.144. The van der Waals surface area contributed by atoms with Crippen LogP contribution < -0.4 is 5.73 Å². The molecule has 0 amide bonds. The Kier molecular flexibility index (Phi) is 37.0. The molecule has 0 aliphatic heterocycles. The van der Waals surface area contributed by atoms with E-state index < -0.39 is 51.1 Å². The molecule has 0 radical (unpaired) electrons. The molecule has 0 rings (SSSR count). The first-order chi connectivity index (χ1) is 26.6. The molecule has 0 heterocycles. The predicted molar refractivity (Wildman–Crippen MR) is 222 cm³/mol. The number of ether oxygens (including phenoxy) is 2. The van der Waals surface area contributed by atoms with Gasteiger partial charge in [-0.05, 0) is 64.2 Å². The maximum absolute atomic E-state index is 12.6. The molecule has 0 saturated heterocycles. The lowest BCUT2D eigenvalue weighted by atomic mass is 10.1. The largest absolute Gasteiger partial charge is 0.480 e. The van der Waals surface area contributed by atoms with Crippen molar-refractivity contribution in [2.75, 3.05) is 19.8 Å². The third kappa shape index (κ3) is 38.4. The van der Waals surface area contributed by atoms with Gasteiger partial charge in [-0.25, -0.2) is 4.57 Å². The van der Waals surface area contributed by atoms with Gasteiger partial charge in [-0.1, -0.05) is 147 Å². The molecule has 0 aliphatic carbocycles. The number of carbonyl (C=O) groups is 3. The lowest BCUT2D eigenvalue weighted by Gasteiger charge is -2.20. The number of nitrogens with two attached hydrogens (primary N) is 1. The Bertz CT molecular complexity index is 1080. The van der Waals surface area contributed by atoms with Gasteiger partial charge in [0.15, 0.2) is 6.10 Å². The summed E-state index contributed by atoms with van der Waals surface area (Å²) in [5, 5.41) is 8.88. The van der Waals surface area contributed by atoms with Gasteiger partial charge in [-0.15, -0.1) is 0 Å². The van der Waals surface area contributed by atoms with Gasteiger partial charge in [0.1, 0.15) is 12.6 Å². The molecule has 0 spiro atoms. The molecule has 0 fully saturated rings. The highest BCUT2D eigenvalue weighted by atomic mass is 31.2. The number of phosphoric ester groups is 1. The lowest BCUT2D eigenvalue weighted by molar-refractivity contribution is -0.161. The second-order valence-electron chi connectivity index (χ2n) is 14.5. The fourth-order valence-corrected chi connectivity index (χ4v) is 6.44. The third-order valence-electron chi connectivity index (χ3n) is 9.11. The van der Waals surface area contributed by atoms with E-state index in [9.17, 15) is 23.8 Å². The summed E-state index contributed by atoms with van der Waals surface area (Å²) in [7, 11) is -4.72.